The van der Waals surface area contributed by atoms with E-state index in [0.29, 0.717) is 0 Å². The summed E-state index contributed by atoms with van der Waals surface area (Å²) in [6.45, 7) is 2.14. The molecule has 0 saturated carbocycles. The van der Waals surface area contributed by atoms with Crippen LogP contribution in [0.15, 0.2) is 212 Å². The third kappa shape index (κ3) is 5.96. The Labute approximate surface area is 342 Å². The Morgan fingerprint density at radius 1 is 0.345 bits per heavy atom. The van der Waals surface area contributed by atoms with Crippen LogP contribution in [0, 0.1) is 6.92 Å². The largest absolute Gasteiger partial charge is 0.311 e. The number of aromatic nitrogens is 1. The van der Waals surface area contributed by atoms with E-state index >= 15 is 0 Å². The van der Waals surface area contributed by atoms with Crippen molar-refractivity contribution in [1.82, 2.24) is 4.57 Å². The molecule has 0 atom stereocenters. The van der Waals surface area contributed by atoms with Crippen molar-refractivity contribution >= 4 is 70.4 Å². The fraction of sp³-hybridized carbons (Fsp3) is 0.0182. The number of thiophene rings is 1. The maximum atomic E-state index is 2.38. The summed E-state index contributed by atoms with van der Waals surface area (Å²) in [5.74, 6) is 0. The molecule has 11 aromatic rings. The highest BCUT2D eigenvalue weighted by molar-refractivity contribution is 7.25. The first kappa shape index (κ1) is 34.1. The van der Waals surface area contributed by atoms with Crippen LogP contribution in [-0.4, -0.2) is 4.57 Å². The van der Waals surface area contributed by atoms with Crippen LogP contribution in [0.4, 0.5) is 17.1 Å². The van der Waals surface area contributed by atoms with Crippen molar-refractivity contribution in [3.05, 3.63) is 218 Å². The number of fused-ring (bicyclic) bond motifs is 6. The molecule has 0 aliphatic carbocycles. The van der Waals surface area contributed by atoms with Crippen LogP contribution >= 0.6 is 11.3 Å². The van der Waals surface area contributed by atoms with Crippen molar-refractivity contribution in [2.75, 3.05) is 4.90 Å². The summed E-state index contributed by atoms with van der Waals surface area (Å²) in [4.78, 5) is 2.36. The minimum atomic E-state index is 1.10. The van der Waals surface area contributed by atoms with E-state index in [-0.39, 0.29) is 0 Å². The Balaban J connectivity index is 0.967. The second-order valence-electron chi connectivity index (χ2n) is 15.1. The molecule has 0 aliphatic rings. The Kier molecular flexibility index (Phi) is 8.27. The summed E-state index contributed by atoms with van der Waals surface area (Å²) in [6, 6.07) is 77.6. The predicted octanol–water partition coefficient (Wildman–Crippen LogP) is 15.9. The summed E-state index contributed by atoms with van der Waals surface area (Å²) in [6.07, 6.45) is 0. The molecule has 2 heterocycles. The van der Waals surface area contributed by atoms with Gasteiger partial charge in [-0.2, -0.15) is 0 Å². The molecule has 3 heteroatoms. The molecule has 0 fully saturated rings. The molecule has 0 N–H and O–H groups in total. The molecule has 0 aliphatic heterocycles. The number of hydrogen-bond acceptors (Lipinski definition) is 2. The van der Waals surface area contributed by atoms with Gasteiger partial charge in [0.2, 0.25) is 0 Å². The highest BCUT2D eigenvalue weighted by atomic mass is 32.1. The van der Waals surface area contributed by atoms with Gasteiger partial charge >= 0.3 is 0 Å². The van der Waals surface area contributed by atoms with E-state index < -0.39 is 0 Å². The van der Waals surface area contributed by atoms with Gasteiger partial charge in [0.15, 0.2) is 0 Å². The van der Waals surface area contributed by atoms with Gasteiger partial charge in [-0.1, -0.05) is 133 Å². The SMILES string of the molecule is Cc1ccc(-n2c3ccccc3c3cc(-c4ccc(N(c5ccc(-c6ccccc6)cc5)c5ccc(-c6ccc7sc8ccccc8c7c6)cc5)cc4)ccc32)cc1. The summed E-state index contributed by atoms with van der Waals surface area (Å²) < 4.78 is 5.03. The summed E-state index contributed by atoms with van der Waals surface area (Å²) in [5.41, 5.74) is 15.4. The molecule has 274 valence electrons. The van der Waals surface area contributed by atoms with Crippen molar-refractivity contribution in [3.8, 4) is 39.1 Å². The standard InChI is InChI=1S/C55H38N2S/c1-37-15-25-47(26-16-37)57-52-13-7-5-11-48(52)50-35-42(23-33-53(50)57)40-19-29-45(30-20-40)56(44-27-17-39(18-28-44)38-9-3-2-4-10-38)46-31-21-41(22-32-46)43-24-34-55-51(36-43)49-12-6-8-14-54(49)58-55/h2-36H,1H3. The third-order valence-corrected chi connectivity index (χ3v) is 12.6. The molecule has 11 rings (SSSR count). The monoisotopic (exact) mass is 758 g/mol. The van der Waals surface area contributed by atoms with Gasteiger partial charge < -0.3 is 9.47 Å². The summed E-state index contributed by atoms with van der Waals surface area (Å²) in [7, 11) is 0. The van der Waals surface area contributed by atoms with Gasteiger partial charge in [-0.05, 0) is 125 Å². The highest BCUT2D eigenvalue weighted by Crippen LogP contribution is 2.41. The number of hydrogen-bond donors (Lipinski definition) is 0. The second kappa shape index (κ2) is 14.1. The average Bonchev–Trinajstić information content (AvgIpc) is 3.83. The number of para-hydroxylation sites is 1. The summed E-state index contributed by atoms with van der Waals surface area (Å²) >= 11 is 1.86. The predicted molar refractivity (Wildman–Crippen MR) is 249 cm³/mol. The van der Waals surface area contributed by atoms with E-state index in [9.17, 15) is 0 Å². The minimum Gasteiger partial charge on any atom is -0.311 e. The maximum Gasteiger partial charge on any atom is 0.0541 e. The van der Waals surface area contributed by atoms with Gasteiger partial charge in [0, 0.05) is 53.7 Å². The highest BCUT2D eigenvalue weighted by Gasteiger charge is 2.16. The van der Waals surface area contributed by atoms with Crippen molar-refractivity contribution < 1.29 is 0 Å². The van der Waals surface area contributed by atoms with Gasteiger partial charge in [-0.15, -0.1) is 11.3 Å². The smallest absolute Gasteiger partial charge is 0.0541 e. The Morgan fingerprint density at radius 2 is 0.810 bits per heavy atom. The average molecular weight is 759 g/mol. The molecule has 0 spiro atoms. The first-order valence-corrected chi connectivity index (χ1v) is 20.6. The first-order valence-electron chi connectivity index (χ1n) is 19.8. The number of nitrogens with zero attached hydrogens (tertiary/aromatic N) is 2. The van der Waals surface area contributed by atoms with E-state index in [4.69, 9.17) is 0 Å². The number of benzene rings is 9. The van der Waals surface area contributed by atoms with Crippen molar-refractivity contribution in [2.45, 2.75) is 6.92 Å². The number of anilines is 3. The van der Waals surface area contributed by atoms with Crippen molar-refractivity contribution in [1.29, 1.82) is 0 Å². The number of aryl methyl sites for hydroxylation is 1. The van der Waals surface area contributed by atoms with Crippen LogP contribution in [0.5, 0.6) is 0 Å². The zero-order chi connectivity index (χ0) is 38.6. The Bertz CT molecular complexity index is 3250. The normalized spacial score (nSPS) is 11.5. The topological polar surface area (TPSA) is 8.17 Å². The minimum absolute atomic E-state index is 1.10. The molecule has 0 bridgehead atoms. The van der Waals surface area contributed by atoms with Gasteiger partial charge in [-0.3, -0.25) is 0 Å². The fourth-order valence-corrected chi connectivity index (χ4v) is 9.60. The molecular formula is C55H38N2S. The lowest BCUT2D eigenvalue weighted by Gasteiger charge is -2.26. The Hall–Kier alpha value is -7.20. The van der Waals surface area contributed by atoms with Crippen molar-refractivity contribution in [3.63, 3.8) is 0 Å². The lowest BCUT2D eigenvalue weighted by molar-refractivity contribution is 1.17. The van der Waals surface area contributed by atoms with E-state index in [1.807, 2.05) is 11.3 Å². The quantitative estimate of drug-likeness (QED) is 0.157. The van der Waals surface area contributed by atoms with Gasteiger partial charge in [0.05, 0.1) is 11.0 Å². The third-order valence-electron chi connectivity index (χ3n) is 11.5. The zero-order valence-corrected chi connectivity index (χ0v) is 32.8. The lowest BCUT2D eigenvalue weighted by atomic mass is 10.0. The van der Waals surface area contributed by atoms with Crippen LogP contribution in [0.25, 0.3) is 81.0 Å². The lowest BCUT2D eigenvalue weighted by Crippen LogP contribution is -2.09. The van der Waals surface area contributed by atoms with Gasteiger partial charge in [-0.25, -0.2) is 0 Å². The molecular weight excluding hydrogens is 721 g/mol. The maximum absolute atomic E-state index is 2.38. The summed E-state index contributed by atoms with van der Waals surface area (Å²) in [5, 5.41) is 5.15. The van der Waals surface area contributed by atoms with Crippen molar-refractivity contribution in [2.24, 2.45) is 0 Å². The van der Waals surface area contributed by atoms with Gasteiger partial charge in [0.25, 0.3) is 0 Å². The van der Waals surface area contributed by atoms with E-state index in [1.165, 1.54) is 86.6 Å². The fourth-order valence-electron chi connectivity index (χ4n) is 8.52. The molecule has 2 nitrogen and oxygen atoms in total. The first-order chi connectivity index (χ1) is 28.6. The Morgan fingerprint density at radius 3 is 1.47 bits per heavy atom. The van der Waals surface area contributed by atoms with E-state index in [2.05, 4.69) is 229 Å². The van der Waals surface area contributed by atoms with Crippen LogP contribution < -0.4 is 4.90 Å². The van der Waals surface area contributed by atoms with E-state index in [0.717, 1.165) is 17.1 Å². The molecule has 0 amide bonds. The van der Waals surface area contributed by atoms with Crippen LogP contribution in [0.1, 0.15) is 5.56 Å². The van der Waals surface area contributed by atoms with Crippen LogP contribution in [0.2, 0.25) is 0 Å². The molecule has 0 unspecified atom stereocenters. The molecule has 0 saturated heterocycles. The van der Waals surface area contributed by atoms with Gasteiger partial charge in [0.1, 0.15) is 0 Å². The zero-order valence-electron chi connectivity index (χ0n) is 32.0. The van der Waals surface area contributed by atoms with Crippen LogP contribution in [0.3, 0.4) is 0 Å². The molecule has 9 aromatic carbocycles. The van der Waals surface area contributed by atoms with E-state index in [1.54, 1.807) is 0 Å². The number of rotatable bonds is 7. The molecule has 2 aromatic heterocycles. The molecule has 0 radical (unpaired) electrons. The second-order valence-corrected chi connectivity index (χ2v) is 16.2. The van der Waals surface area contributed by atoms with Crippen LogP contribution in [-0.2, 0) is 0 Å². The molecule has 58 heavy (non-hydrogen) atoms.